The SMILES string of the molecule is CC(C)C(N)C1c2ccccc2-c2ccccc21. The molecule has 2 N–H and O–H groups in total. The summed E-state index contributed by atoms with van der Waals surface area (Å²) in [5.41, 5.74) is 11.9. The topological polar surface area (TPSA) is 26.0 Å². The lowest BCUT2D eigenvalue weighted by Gasteiger charge is -2.25. The van der Waals surface area contributed by atoms with Crippen molar-refractivity contribution in [2.45, 2.75) is 25.8 Å². The summed E-state index contributed by atoms with van der Waals surface area (Å²) >= 11 is 0. The molecule has 2 aromatic rings. The molecule has 0 saturated carbocycles. The second kappa shape index (κ2) is 4.25. The Morgan fingerprint density at radius 2 is 1.28 bits per heavy atom. The third-order valence-electron chi connectivity index (χ3n) is 4.04. The highest BCUT2D eigenvalue weighted by molar-refractivity contribution is 5.79. The average molecular weight is 237 g/mol. The van der Waals surface area contributed by atoms with Gasteiger partial charge in [-0.05, 0) is 28.2 Å². The number of fused-ring (bicyclic) bond motifs is 3. The molecule has 3 rings (SSSR count). The molecule has 0 spiro atoms. The van der Waals surface area contributed by atoms with Crippen LogP contribution in [0.1, 0.15) is 30.9 Å². The molecule has 0 fully saturated rings. The van der Waals surface area contributed by atoms with Crippen LogP contribution < -0.4 is 5.73 Å². The molecule has 1 atom stereocenters. The summed E-state index contributed by atoms with van der Waals surface area (Å²) < 4.78 is 0. The number of hydrogen-bond acceptors (Lipinski definition) is 1. The fraction of sp³-hybridized carbons (Fsp3) is 0.294. The molecule has 0 radical (unpaired) electrons. The van der Waals surface area contributed by atoms with Crippen molar-refractivity contribution in [3.63, 3.8) is 0 Å². The second-order valence-electron chi connectivity index (χ2n) is 5.47. The van der Waals surface area contributed by atoms with Crippen molar-refractivity contribution in [1.82, 2.24) is 0 Å². The van der Waals surface area contributed by atoms with E-state index in [1.807, 2.05) is 0 Å². The van der Waals surface area contributed by atoms with E-state index >= 15 is 0 Å². The van der Waals surface area contributed by atoms with Crippen molar-refractivity contribution in [3.8, 4) is 11.1 Å². The molecule has 0 amide bonds. The third-order valence-corrected chi connectivity index (χ3v) is 4.04. The van der Waals surface area contributed by atoms with Crippen LogP contribution in [-0.2, 0) is 0 Å². The smallest absolute Gasteiger partial charge is 0.0256 e. The zero-order chi connectivity index (χ0) is 12.7. The standard InChI is InChI=1S/C17H19N/c1-11(2)17(18)16-14-9-5-3-7-12(14)13-8-4-6-10-15(13)16/h3-11,16-17H,18H2,1-2H3. The zero-order valence-electron chi connectivity index (χ0n) is 10.9. The zero-order valence-corrected chi connectivity index (χ0v) is 10.9. The fourth-order valence-electron chi connectivity index (χ4n) is 2.99. The van der Waals surface area contributed by atoms with E-state index in [1.54, 1.807) is 0 Å². The van der Waals surface area contributed by atoms with Gasteiger partial charge in [-0.15, -0.1) is 0 Å². The van der Waals surface area contributed by atoms with E-state index in [0.29, 0.717) is 11.8 Å². The molecule has 18 heavy (non-hydrogen) atoms. The van der Waals surface area contributed by atoms with Crippen LogP contribution >= 0.6 is 0 Å². The average Bonchev–Trinajstić information content (AvgIpc) is 2.72. The monoisotopic (exact) mass is 237 g/mol. The third kappa shape index (κ3) is 1.58. The molecule has 0 heterocycles. The van der Waals surface area contributed by atoms with Gasteiger partial charge in [-0.2, -0.15) is 0 Å². The van der Waals surface area contributed by atoms with Crippen LogP contribution in [0.2, 0.25) is 0 Å². The van der Waals surface area contributed by atoms with E-state index in [1.165, 1.54) is 22.3 Å². The van der Waals surface area contributed by atoms with Crippen LogP contribution in [0.25, 0.3) is 11.1 Å². The van der Waals surface area contributed by atoms with Gasteiger partial charge < -0.3 is 5.73 Å². The minimum atomic E-state index is 0.176. The maximum Gasteiger partial charge on any atom is 0.0256 e. The minimum Gasteiger partial charge on any atom is -0.327 e. The highest BCUT2D eigenvalue weighted by Gasteiger charge is 2.33. The molecule has 1 unspecified atom stereocenters. The first-order valence-corrected chi connectivity index (χ1v) is 6.64. The number of rotatable bonds is 2. The van der Waals surface area contributed by atoms with Gasteiger partial charge in [-0.1, -0.05) is 62.4 Å². The Morgan fingerprint density at radius 1 is 0.833 bits per heavy atom. The molecule has 2 aromatic carbocycles. The van der Waals surface area contributed by atoms with Gasteiger partial charge in [0.2, 0.25) is 0 Å². The summed E-state index contributed by atoms with van der Waals surface area (Å²) in [5.74, 6) is 0.826. The Kier molecular flexibility index (Phi) is 2.71. The first kappa shape index (κ1) is 11.5. The normalized spacial score (nSPS) is 15.6. The van der Waals surface area contributed by atoms with Gasteiger partial charge in [0.1, 0.15) is 0 Å². The lowest BCUT2D eigenvalue weighted by Crippen LogP contribution is -2.33. The van der Waals surface area contributed by atoms with Crippen LogP contribution in [0.3, 0.4) is 0 Å². The fourth-order valence-corrected chi connectivity index (χ4v) is 2.99. The number of benzene rings is 2. The van der Waals surface area contributed by atoms with Crippen LogP contribution in [-0.4, -0.2) is 6.04 Å². The van der Waals surface area contributed by atoms with Crippen LogP contribution in [0.5, 0.6) is 0 Å². The van der Waals surface area contributed by atoms with Crippen molar-refractivity contribution >= 4 is 0 Å². The van der Waals surface area contributed by atoms with Gasteiger partial charge in [-0.3, -0.25) is 0 Å². The molecule has 0 aliphatic heterocycles. The van der Waals surface area contributed by atoms with E-state index in [2.05, 4.69) is 62.4 Å². The number of nitrogens with two attached hydrogens (primary N) is 1. The van der Waals surface area contributed by atoms with Gasteiger partial charge in [0.25, 0.3) is 0 Å². The van der Waals surface area contributed by atoms with E-state index < -0.39 is 0 Å². The largest absolute Gasteiger partial charge is 0.327 e. The quantitative estimate of drug-likeness (QED) is 0.845. The predicted octanol–water partition coefficient (Wildman–Crippen LogP) is 3.78. The summed E-state index contributed by atoms with van der Waals surface area (Å²) in [7, 11) is 0. The van der Waals surface area contributed by atoms with E-state index in [4.69, 9.17) is 5.73 Å². The minimum absolute atomic E-state index is 0.176. The van der Waals surface area contributed by atoms with E-state index in [9.17, 15) is 0 Å². The lowest BCUT2D eigenvalue weighted by molar-refractivity contribution is 0.454. The maximum atomic E-state index is 6.45. The predicted molar refractivity (Wildman–Crippen MR) is 76.5 cm³/mol. The molecule has 0 saturated heterocycles. The summed E-state index contributed by atoms with van der Waals surface area (Å²) in [4.78, 5) is 0. The van der Waals surface area contributed by atoms with E-state index in [-0.39, 0.29) is 6.04 Å². The van der Waals surface area contributed by atoms with Gasteiger partial charge in [-0.25, -0.2) is 0 Å². The van der Waals surface area contributed by atoms with Crippen molar-refractivity contribution in [2.75, 3.05) is 0 Å². The summed E-state index contributed by atoms with van der Waals surface area (Å²) in [6.45, 7) is 4.41. The van der Waals surface area contributed by atoms with Crippen molar-refractivity contribution in [3.05, 3.63) is 59.7 Å². The molecule has 1 aliphatic rings. The van der Waals surface area contributed by atoms with Gasteiger partial charge in [0.05, 0.1) is 0 Å². The maximum absolute atomic E-state index is 6.45. The summed E-state index contributed by atoms with van der Waals surface area (Å²) in [6.07, 6.45) is 0. The molecule has 1 nitrogen and oxygen atoms in total. The molecular formula is C17H19N. The van der Waals surface area contributed by atoms with Crippen LogP contribution in [0.4, 0.5) is 0 Å². The highest BCUT2D eigenvalue weighted by Crippen LogP contribution is 2.46. The van der Waals surface area contributed by atoms with Gasteiger partial charge >= 0.3 is 0 Å². The van der Waals surface area contributed by atoms with Gasteiger partial charge in [0.15, 0.2) is 0 Å². The number of hydrogen-bond donors (Lipinski definition) is 1. The lowest BCUT2D eigenvalue weighted by atomic mass is 9.84. The Hall–Kier alpha value is -1.60. The van der Waals surface area contributed by atoms with Crippen LogP contribution in [0, 0.1) is 5.92 Å². The Balaban J connectivity index is 2.21. The van der Waals surface area contributed by atoms with Crippen molar-refractivity contribution < 1.29 is 0 Å². The Morgan fingerprint density at radius 3 is 1.72 bits per heavy atom. The second-order valence-corrected chi connectivity index (χ2v) is 5.47. The van der Waals surface area contributed by atoms with Crippen molar-refractivity contribution in [1.29, 1.82) is 0 Å². The summed E-state index contributed by atoms with van der Waals surface area (Å²) in [5, 5.41) is 0. The molecule has 1 aliphatic carbocycles. The van der Waals surface area contributed by atoms with Crippen LogP contribution in [0.15, 0.2) is 48.5 Å². The van der Waals surface area contributed by atoms with Gasteiger partial charge in [0, 0.05) is 12.0 Å². The molecule has 0 bridgehead atoms. The van der Waals surface area contributed by atoms with E-state index in [0.717, 1.165) is 0 Å². The molecule has 0 aromatic heterocycles. The Bertz CT molecular complexity index is 526. The Labute approximate surface area is 109 Å². The first-order chi connectivity index (χ1) is 8.70. The first-order valence-electron chi connectivity index (χ1n) is 6.64. The summed E-state index contributed by atoms with van der Waals surface area (Å²) in [6, 6.07) is 17.5. The molecule has 1 heteroatoms. The van der Waals surface area contributed by atoms with Crippen molar-refractivity contribution in [2.24, 2.45) is 11.7 Å². The molecular weight excluding hydrogens is 218 g/mol. The molecule has 92 valence electrons. The highest BCUT2D eigenvalue weighted by atomic mass is 14.7.